The number of terminal acetylenes is 1. The van der Waals surface area contributed by atoms with E-state index in [1.165, 1.54) is 16.4 Å². The molecular formula is C20H28N2O4S. The van der Waals surface area contributed by atoms with E-state index in [9.17, 15) is 13.2 Å². The molecule has 1 atom stereocenters. The average Bonchev–Trinajstić information content (AvgIpc) is 2.69. The third-order valence-corrected chi connectivity index (χ3v) is 6.85. The summed E-state index contributed by atoms with van der Waals surface area (Å²) in [6, 6.07) is 6.21. The first-order valence-electron chi connectivity index (χ1n) is 9.34. The van der Waals surface area contributed by atoms with Crippen molar-refractivity contribution in [2.45, 2.75) is 31.6 Å². The number of likely N-dealkylation sites (tertiary alicyclic amines) is 1. The Morgan fingerprint density at radius 3 is 2.56 bits per heavy atom. The SMILES string of the molecule is C#CCOCC1CCCN(C(=O)c2ccc(S(=O)(=O)N(CC)CC)cc2)C1. The Hall–Kier alpha value is -1.88. The smallest absolute Gasteiger partial charge is 0.253 e. The first kappa shape index (κ1) is 21.4. The molecule has 1 aliphatic heterocycles. The molecule has 1 aromatic carbocycles. The molecule has 0 saturated carbocycles. The Bertz CT molecular complexity index is 764. The van der Waals surface area contributed by atoms with Crippen LogP contribution in [0.5, 0.6) is 0 Å². The Balaban J connectivity index is 2.06. The largest absolute Gasteiger partial charge is 0.368 e. The van der Waals surface area contributed by atoms with Crippen LogP contribution in [0.25, 0.3) is 0 Å². The molecule has 0 bridgehead atoms. The summed E-state index contributed by atoms with van der Waals surface area (Å²) in [6.07, 6.45) is 7.12. The topological polar surface area (TPSA) is 66.9 Å². The van der Waals surface area contributed by atoms with Crippen LogP contribution < -0.4 is 0 Å². The van der Waals surface area contributed by atoms with Crippen molar-refractivity contribution in [2.24, 2.45) is 5.92 Å². The number of carbonyl (C=O) groups is 1. The predicted molar refractivity (Wildman–Crippen MR) is 105 cm³/mol. The lowest BCUT2D eigenvalue weighted by Gasteiger charge is -2.32. The highest BCUT2D eigenvalue weighted by molar-refractivity contribution is 7.89. The summed E-state index contributed by atoms with van der Waals surface area (Å²) in [5, 5.41) is 0. The maximum atomic E-state index is 12.8. The third-order valence-electron chi connectivity index (χ3n) is 4.79. The molecule has 1 fully saturated rings. The average molecular weight is 393 g/mol. The predicted octanol–water partition coefficient (Wildman–Crippen LogP) is 2.22. The minimum atomic E-state index is -3.51. The highest BCUT2D eigenvalue weighted by Crippen LogP contribution is 2.21. The van der Waals surface area contributed by atoms with E-state index < -0.39 is 10.0 Å². The second-order valence-corrected chi connectivity index (χ2v) is 8.53. The molecule has 1 heterocycles. The second-order valence-electron chi connectivity index (χ2n) is 6.59. The van der Waals surface area contributed by atoms with Gasteiger partial charge in [-0.25, -0.2) is 8.42 Å². The van der Waals surface area contributed by atoms with Crippen LogP contribution in [0.4, 0.5) is 0 Å². The van der Waals surface area contributed by atoms with Crippen LogP contribution in [0.15, 0.2) is 29.2 Å². The lowest BCUT2D eigenvalue weighted by atomic mass is 9.98. The minimum Gasteiger partial charge on any atom is -0.368 e. The van der Waals surface area contributed by atoms with Gasteiger partial charge in [0.05, 0.1) is 11.5 Å². The van der Waals surface area contributed by atoms with E-state index in [0.717, 1.165) is 12.8 Å². The van der Waals surface area contributed by atoms with Crippen LogP contribution in [0.2, 0.25) is 0 Å². The van der Waals surface area contributed by atoms with Gasteiger partial charge in [-0.1, -0.05) is 19.8 Å². The summed E-state index contributed by atoms with van der Waals surface area (Å²) in [4.78, 5) is 14.8. The highest BCUT2D eigenvalue weighted by Gasteiger charge is 2.26. The summed E-state index contributed by atoms with van der Waals surface area (Å²) in [5.41, 5.74) is 0.499. The first-order valence-corrected chi connectivity index (χ1v) is 10.8. The fraction of sp³-hybridized carbons (Fsp3) is 0.550. The summed E-state index contributed by atoms with van der Waals surface area (Å²) in [6.45, 7) is 6.60. The van der Waals surface area contributed by atoms with Crippen LogP contribution in [0.3, 0.4) is 0 Å². The number of ether oxygens (including phenoxy) is 1. The number of piperidine rings is 1. The van der Waals surface area contributed by atoms with Crippen molar-refractivity contribution >= 4 is 15.9 Å². The Kier molecular flexibility index (Phi) is 7.84. The molecule has 1 aromatic rings. The van der Waals surface area contributed by atoms with Crippen molar-refractivity contribution in [3.8, 4) is 12.3 Å². The number of nitrogens with zero attached hydrogens (tertiary/aromatic N) is 2. The van der Waals surface area contributed by atoms with Crippen molar-refractivity contribution in [1.29, 1.82) is 0 Å². The van der Waals surface area contributed by atoms with Crippen LogP contribution in [0.1, 0.15) is 37.0 Å². The molecule has 1 unspecified atom stereocenters. The fourth-order valence-corrected chi connectivity index (χ4v) is 4.79. The molecule has 6 nitrogen and oxygen atoms in total. The van der Waals surface area contributed by atoms with Gasteiger partial charge in [0.1, 0.15) is 6.61 Å². The summed E-state index contributed by atoms with van der Waals surface area (Å²) in [7, 11) is -3.51. The van der Waals surface area contributed by atoms with Gasteiger partial charge < -0.3 is 9.64 Å². The first-order chi connectivity index (χ1) is 12.9. The lowest BCUT2D eigenvalue weighted by Crippen LogP contribution is -2.41. The zero-order valence-corrected chi connectivity index (χ0v) is 16.9. The van der Waals surface area contributed by atoms with Crippen LogP contribution in [-0.4, -0.2) is 62.9 Å². The molecule has 0 spiro atoms. The van der Waals surface area contributed by atoms with E-state index >= 15 is 0 Å². The zero-order chi connectivity index (χ0) is 19.9. The van der Waals surface area contributed by atoms with E-state index in [2.05, 4.69) is 5.92 Å². The minimum absolute atomic E-state index is 0.0802. The van der Waals surface area contributed by atoms with Gasteiger partial charge >= 0.3 is 0 Å². The zero-order valence-electron chi connectivity index (χ0n) is 16.1. The quantitative estimate of drug-likeness (QED) is 0.503. The third kappa shape index (κ3) is 5.32. The molecule has 0 aliphatic carbocycles. The van der Waals surface area contributed by atoms with E-state index in [-0.39, 0.29) is 23.3 Å². The molecular weight excluding hydrogens is 364 g/mol. The normalized spacial score (nSPS) is 17.7. The number of amides is 1. The van der Waals surface area contributed by atoms with Gasteiger partial charge in [-0.3, -0.25) is 4.79 Å². The number of sulfonamides is 1. The molecule has 0 radical (unpaired) electrons. The Labute approximate surface area is 162 Å². The maximum absolute atomic E-state index is 12.8. The Morgan fingerprint density at radius 1 is 1.30 bits per heavy atom. The van der Waals surface area contributed by atoms with Gasteiger partial charge in [0, 0.05) is 37.7 Å². The molecule has 1 aliphatic rings. The van der Waals surface area contributed by atoms with Crippen molar-refractivity contribution in [3.05, 3.63) is 29.8 Å². The number of hydrogen-bond donors (Lipinski definition) is 0. The monoisotopic (exact) mass is 392 g/mol. The van der Waals surface area contributed by atoms with Crippen LogP contribution in [0, 0.1) is 18.3 Å². The lowest BCUT2D eigenvalue weighted by molar-refractivity contribution is 0.0534. The van der Waals surface area contributed by atoms with Crippen molar-refractivity contribution in [2.75, 3.05) is 39.4 Å². The number of benzene rings is 1. The standard InChI is InChI=1S/C20H28N2O4S/c1-4-14-26-16-17-8-7-13-21(15-17)20(23)18-9-11-19(12-10-18)27(24,25)22(5-2)6-3/h1,9-12,17H,5-8,13-16H2,2-3H3. The molecule has 2 rings (SSSR count). The van der Waals surface area contributed by atoms with E-state index in [4.69, 9.17) is 11.2 Å². The Morgan fingerprint density at radius 2 is 1.96 bits per heavy atom. The molecule has 1 saturated heterocycles. The van der Waals surface area contributed by atoms with Gasteiger partial charge in [0.25, 0.3) is 5.91 Å². The van der Waals surface area contributed by atoms with E-state index in [1.807, 2.05) is 0 Å². The molecule has 27 heavy (non-hydrogen) atoms. The van der Waals surface area contributed by atoms with Crippen molar-refractivity contribution in [1.82, 2.24) is 9.21 Å². The number of hydrogen-bond acceptors (Lipinski definition) is 4. The number of rotatable bonds is 8. The second kappa shape index (κ2) is 9.88. The summed E-state index contributed by atoms with van der Waals surface area (Å²) in [5.74, 6) is 2.64. The maximum Gasteiger partial charge on any atom is 0.253 e. The molecule has 7 heteroatoms. The van der Waals surface area contributed by atoms with Gasteiger partial charge in [-0.2, -0.15) is 4.31 Å². The molecule has 0 aromatic heterocycles. The van der Waals surface area contributed by atoms with E-state index in [1.54, 1.807) is 30.9 Å². The highest BCUT2D eigenvalue weighted by atomic mass is 32.2. The number of carbonyl (C=O) groups excluding carboxylic acids is 1. The molecule has 1 amide bonds. The fourth-order valence-electron chi connectivity index (χ4n) is 3.33. The summed E-state index contributed by atoms with van der Waals surface area (Å²) < 4.78 is 31.9. The van der Waals surface area contributed by atoms with Crippen LogP contribution in [-0.2, 0) is 14.8 Å². The van der Waals surface area contributed by atoms with Gasteiger partial charge in [-0.05, 0) is 37.1 Å². The van der Waals surface area contributed by atoms with Crippen molar-refractivity contribution < 1.29 is 17.9 Å². The van der Waals surface area contributed by atoms with Crippen molar-refractivity contribution in [3.63, 3.8) is 0 Å². The van der Waals surface area contributed by atoms with E-state index in [0.29, 0.717) is 38.3 Å². The summed E-state index contributed by atoms with van der Waals surface area (Å²) >= 11 is 0. The van der Waals surface area contributed by atoms with Gasteiger partial charge in [0.15, 0.2) is 0 Å². The molecule has 148 valence electrons. The van der Waals surface area contributed by atoms with Gasteiger partial charge in [-0.15, -0.1) is 6.42 Å². The van der Waals surface area contributed by atoms with Crippen LogP contribution >= 0.6 is 0 Å². The van der Waals surface area contributed by atoms with Gasteiger partial charge in [0.2, 0.25) is 10.0 Å². The molecule has 0 N–H and O–H groups in total.